The van der Waals surface area contributed by atoms with Gasteiger partial charge in [-0.05, 0) is 62.3 Å². The summed E-state index contributed by atoms with van der Waals surface area (Å²) in [5.74, 6) is 0.890. The highest BCUT2D eigenvalue weighted by Crippen LogP contribution is 2.42. The van der Waals surface area contributed by atoms with E-state index in [0.29, 0.717) is 16.0 Å². The fourth-order valence-corrected chi connectivity index (χ4v) is 4.15. The summed E-state index contributed by atoms with van der Waals surface area (Å²) in [6.07, 6.45) is 3.84. The smallest absolute Gasteiger partial charge is 0.223 e. The molecule has 1 aliphatic carbocycles. The van der Waals surface area contributed by atoms with Crippen molar-refractivity contribution in [1.82, 2.24) is 14.9 Å². The molecule has 0 unspecified atom stereocenters. The molecular weight excluding hydrogens is 403 g/mol. The van der Waals surface area contributed by atoms with E-state index in [4.69, 9.17) is 28.2 Å². The van der Waals surface area contributed by atoms with E-state index in [1.165, 1.54) is 5.56 Å². The molecule has 1 aliphatic rings. The van der Waals surface area contributed by atoms with Crippen molar-refractivity contribution >= 4 is 29.2 Å². The molecule has 4 nitrogen and oxygen atoms in total. The van der Waals surface area contributed by atoms with Crippen molar-refractivity contribution in [3.05, 3.63) is 75.4 Å². The van der Waals surface area contributed by atoms with Crippen molar-refractivity contribution in [1.29, 1.82) is 0 Å². The highest BCUT2D eigenvalue weighted by atomic mass is 35.5. The van der Waals surface area contributed by atoms with Crippen LogP contribution in [0.3, 0.4) is 0 Å². The third-order valence-corrected chi connectivity index (χ3v) is 6.03. The normalized spacial score (nSPS) is 15.1. The quantitative estimate of drug-likeness (QED) is 0.528. The van der Waals surface area contributed by atoms with E-state index in [2.05, 4.69) is 59.6 Å². The van der Waals surface area contributed by atoms with Gasteiger partial charge in [-0.2, -0.15) is 0 Å². The Hall–Kier alpha value is -2.14. The molecule has 150 valence electrons. The molecule has 0 saturated carbocycles. The lowest BCUT2D eigenvalue weighted by Gasteiger charge is -2.27. The highest BCUT2D eigenvalue weighted by molar-refractivity contribution is 6.42. The molecule has 1 N–H and O–H groups in total. The fourth-order valence-electron chi connectivity index (χ4n) is 3.84. The average molecular weight is 427 g/mol. The van der Waals surface area contributed by atoms with Gasteiger partial charge in [0.15, 0.2) is 0 Å². The second-order valence-corrected chi connectivity index (χ2v) is 8.48. The van der Waals surface area contributed by atoms with Gasteiger partial charge < -0.3 is 10.2 Å². The summed E-state index contributed by atoms with van der Waals surface area (Å²) in [4.78, 5) is 11.6. The topological polar surface area (TPSA) is 41.0 Å². The van der Waals surface area contributed by atoms with Gasteiger partial charge in [-0.1, -0.05) is 53.5 Å². The molecule has 0 radical (unpaired) electrons. The second kappa shape index (κ2) is 8.70. The molecule has 2 aromatic carbocycles. The predicted molar refractivity (Wildman–Crippen MR) is 121 cm³/mol. The Balaban J connectivity index is 1.64. The van der Waals surface area contributed by atoms with Gasteiger partial charge in [-0.3, -0.25) is 0 Å². The Labute approximate surface area is 181 Å². The zero-order chi connectivity index (χ0) is 20.4. The molecule has 0 amide bonds. The maximum Gasteiger partial charge on any atom is 0.223 e. The summed E-state index contributed by atoms with van der Waals surface area (Å²) in [6, 6.07) is 14.4. The number of halogens is 2. The van der Waals surface area contributed by atoms with Crippen LogP contribution in [0.1, 0.15) is 29.0 Å². The minimum atomic E-state index is 0.205. The van der Waals surface area contributed by atoms with Crippen LogP contribution in [-0.4, -0.2) is 42.1 Å². The molecule has 4 rings (SSSR count). The van der Waals surface area contributed by atoms with Gasteiger partial charge in [-0.25, -0.2) is 9.97 Å². The van der Waals surface area contributed by atoms with Gasteiger partial charge in [-0.15, -0.1) is 0 Å². The number of hydrogen-bond acceptors (Lipinski definition) is 4. The van der Waals surface area contributed by atoms with Crippen LogP contribution >= 0.6 is 23.2 Å². The van der Waals surface area contributed by atoms with Crippen LogP contribution < -0.4 is 5.32 Å². The molecule has 1 heterocycles. The Morgan fingerprint density at radius 3 is 2.72 bits per heavy atom. The lowest BCUT2D eigenvalue weighted by Crippen LogP contribution is -2.18. The third kappa shape index (κ3) is 4.40. The highest BCUT2D eigenvalue weighted by Gasteiger charge is 2.27. The van der Waals surface area contributed by atoms with Crippen LogP contribution in [-0.2, 0) is 6.42 Å². The van der Waals surface area contributed by atoms with Gasteiger partial charge in [0.1, 0.15) is 0 Å². The number of nitrogens with one attached hydrogen (secondary N) is 1. The number of benzene rings is 2. The van der Waals surface area contributed by atoms with E-state index in [-0.39, 0.29) is 5.92 Å². The molecule has 1 atom stereocenters. The van der Waals surface area contributed by atoms with Crippen molar-refractivity contribution < 1.29 is 0 Å². The Morgan fingerprint density at radius 2 is 1.93 bits per heavy atom. The summed E-state index contributed by atoms with van der Waals surface area (Å²) in [6.45, 7) is 1.89. The molecule has 1 aromatic heterocycles. The Kier molecular flexibility index (Phi) is 6.04. The molecular formula is C23H24Cl2N4. The maximum absolute atomic E-state index is 6.29. The number of hydrogen-bond donors (Lipinski definition) is 1. The largest absolute Gasteiger partial charge is 0.354 e. The zero-order valence-electron chi connectivity index (χ0n) is 16.6. The van der Waals surface area contributed by atoms with E-state index in [9.17, 15) is 0 Å². The number of fused-ring (bicyclic) bond motifs is 3. The van der Waals surface area contributed by atoms with E-state index >= 15 is 0 Å². The van der Waals surface area contributed by atoms with Crippen LogP contribution in [0, 0.1) is 0 Å². The van der Waals surface area contributed by atoms with Gasteiger partial charge in [0.25, 0.3) is 0 Å². The first-order chi connectivity index (χ1) is 14.0. The molecule has 0 fully saturated rings. The standard InChI is InChI=1S/C23H24Cl2N4/c1-29(2)11-5-10-26-23-27-14-16-12-19(15-8-9-20(24)21(25)13-15)17-6-3-4-7-18(17)22(16)28-23/h3-4,6-9,13-14,19H,5,10-12H2,1-2H3,(H,26,27,28)/t19-/m0/s1. The van der Waals surface area contributed by atoms with Gasteiger partial charge in [0.05, 0.1) is 15.7 Å². The van der Waals surface area contributed by atoms with Gasteiger partial charge in [0.2, 0.25) is 5.95 Å². The van der Waals surface area contributed by atoms with Crippen LogP contribution in [0.15, 0.2) is 48.7 Å². The maximum atomic E-state index is 6.29. The second-order valence-electron chi connectivity index (χ2n) is 7.67. The first-order valence-corrected chi connectivity index (χ1v) is 10.6. The monoisotopic (exact) mass is 426 g/mol. The van der Waals surface area contributed by atoms with Crippen LogP contribution in [0.5, 0.6) is 0 Å². The molecule has 0 aliphatic heterocycles. The van der Waals surface area contributed by atoms with Crippen LogP contribution in [0.25, 0.3) is 11.3 Å². The van der Waals surface area contributed by atoms with E-state index in [0.717, 1.165) is 48.3 Å². The summed E-state index contributed by atoms with van der Waals surface area (Å²) >= 11 is 12.4. The van der Waals surface area contributed by atoms with Crippen molar-refractivity contribution in [2.45, 2.75) is 18.8 Å². The Bertz CT molecular complexity index is 1020. The molecule has 29 heavy (non-hydrogen) atoms. The minimum absolute atomic E-state index is 0.205. The number of aromatic nitrogens is 2. The Morgan fingerprint density at radius 1 is 1.10 bits per heavy atom. The number of nitrogens with zero attached hydrogens (tertiary/aromatic N) is 3. The summed E-state index contributed by atoms with van der Waals surface area (Å²) in [7, 11) is 4.16. The number of rotatable bonds is 6. The first kappa shape index (κ1) is 20.1. The van der Waals surface area contributed by atoms with Crippen LogP contribution in [0.4, 0.5) is 5.95 Å². The summed E-state index contributed by atoms with van der Waals surface area (Å²) < 4.78 is 0. The molecule has 0 spiro atoms. The van der Waals surface area contributed by atoms with E-state index in [1.54, 1.807) is 0 Å². The lowest BCUT2D eigenvalue weighted by molar-refractivity contribution is 0.405. The fraction of sp³-hybridized carbons (Fsp3) is 0.304. The van der Waals surface area contributed by atoms with Crippen molar-refractivity contribution in [2.75, 3.05) is 32.5 Å². The van der Waals surface area contributed by atoms with Crippen molar-refractivity contribution in [3.63, 3.8) is 0 Å². The molecule has 3 aromatic rings. The first-order valence-electron chi connectivity index (χ1n) is 9.81. The molecule has 6 heteroatoms. The van der Waals surface area contributed by atoms with Gasteiger partial charge in [0, 0.05) is 24.2 Å². The average Bonchev–Trinajstić information content (AvgIpc) is 2.72. The summed E-state index contributed by atoms with van der Waals surface area (Å²) in [5, 5.41) is 4.52. The molecule has 0 bridgehead atoms. The predicted octanol–water partition coefficient (Wildman–Crippen LogP) is 5.50. The summed E-state index contributed by atoms with van der Waals surface area (Å²) in [5.41, 5.74) is 5.74. The minimum Gasteiger partial charge on any atom is -0.354 e. The molecule has 0 saturated heterocycles. The number of anilines is 1. The SMILES string of the molecule is CN(C)CCCNc1ncc2c(n1)-c1ccccc1[C@H](c1ccc(Cl)c(Cl)c1)C2. The third-order valence-electron chi connectivity index (χ3n) is 5.29. The van der Waals surface area contributed by atoms with Crippen LogP contribution in [0.2, 0.25) is 10.0 Å². The zero-order valence-corrected chi connectivity index (χ0v) is 18.1. The van der Waals surface area contributed by atoms with E-state index < -0.39 is 0 Å². The van der Waals surface area contributed by atoms with Crippen molar-refractivity contribution in [2.24, 2.45) is 0 Å². The van der Waals surface area contributed by atoms with Crippen molar-refractivity contribution in [3.8, 4) is 11.3 Å². The van der Waals surface area contributed by atoms with Gasteiger partial charge >= 0.3 is 0 Å². The lowest BCUT2D eigenvalue weighted by atomic mass is 9.78. The van der Waals surface area contributed by atoms with E-state index in [1.807, 2.05) is 18.3 Å².